The second kappa shape index (κ2) is 6.59. The number of nitrogens with zero attached hydrogens (tertiary/aromatic N) is 2. The number of carbonyl (C=O) groups is 2. The molecule has 0 rings (SSSR count). The van der Waals surface area contributed by atoms with E-state index in [0.29, 0.717) is 6.54 Å². The minimum Gasteiger partial charge on any atom is -0.347 e. The Balaban J connectivity index is 4.74. The van der Waals surface area contributed by atoms with E-state index in [-0.39, 0.29) is 18.4 Å². The van der Waals surface area contributed by atoms with Gasteiger partial charge in [-0.05, 0) is 27.3 Å². The number of hydrogen-bond acceptors (Lipinski definition) is 3. The molecule has 5 nitrogen and oxygen atoms in total. The van der Waals surface area contributed by atoms with Crippen LogP contribution in [0.5, 0.6) is 0 Å². The largest absolute Gasteiger partial charge is 0.347 e. The van der Waals surface area contributed by atoms with Crippen molar-refractivity contribution in [3.8, 4) is 0 Å². The molecule has 0 unspecified atom stereocenters. The summed E-state index contributed by atoms with van der Waals surface area (Å²) < 4.78 is 0. The van der Waals surface area contributed by atoms with E-state index in [1.807, 2.05) is 20.8 Å². The summed E-state index contributed by atoms with van der Waals surface area (Å²) >= 11 is 0. The third kappa shape index (κ3) is 4.73. The third-order valence-corrected chi connectivity index (χ3v) is 2.77. The van der Waals surface area contributed by atoms with E-state index in [1.54, 1.807) is 26.0 Å². The minimum absolute atomic E-state index is 0.0444. The first-order chi connectivity index (χ1) is 7.76. The molecule has 0 aliphatic rings. The van der Waals surface area contributed by atoms with Gasteiger partial charge in [-0.2, -0.15) is 0 Å². The lowest BCUT2D eigenvalue weighted by Crippen LogP contribution is -2.54. The molecule has 0 aromatic rings. The topological polar surface area (TPSA) is 52.7 Å². The van der Waals surface area contributed by atoms with Gasteiger partial charge < -0.3 is 15.1 Å². The normalized spacial score (nSPS) is 11.2. The maximum Gasteiger partial charge on any atom is 0.242 e. The Bertz CT molecular complexity index is 275. The van der Waals surface area contributed by atoms with Crippen LogP contribution in [-0.4, -0.2) is 61.4 Å². The summed E-state index contributed by atoms with van der Waals surface area (Å²) in [4.78, 5) is 27.0. The number of hydrogen-bond donors (Lipinski definition) is 1. The number of carbonyl (C=O) groups excluding carboxylic acids is 2. The zero-order chi connectivity index (χ0) is 13.6. The van der Waals surface area contributed by atoms with Gasteiger partial charge in [-0.25, -0.2) is 0 Å². The smallest absolute Gasteiger partial charge is 0.242 e. The van der Waals surface area contributed by atoms with E-state index < -0.39 is 5.54 Å². The molecular weight excluding hydrogens is 218 g/mol. The van der Waals surface area contributed by atoms with Crippen LogP contribution in [0, 0.1) is 0 Å². The summed E-state index contributed by atoms with van der Waals surface area (Å²) in [6, 6.07) is 0. The molecule has 0 aromatic heterocycles. The Morgan fingerprint density at radius 2 is 1.76 bits per heavy atom. The van der Waals surface area contributed by atoms with Crippen molar-refractivity contribution in [1.29, 1.82) is 0 Å². The van der Waals surface area contributed by atoms with E-state index in [0.717, 1.165) is 6.42 Å². The molecule has 0 saturated carbocycles. The van der Waals surface area contributed by atoms with Crippen LogP contribution in [0.25, 0.3) is 0 Å². The molecule has 5 heteroatoms. The standard InChI is InChI=1S/C12H25N3O2/c1-7-8-15(9-10(16)14(5)6)11(17)12(2,3)13-4/h13H,7-9H2,1-6H3. The average molecular weight is 243 g/mol. The first kappa shape index (κ1) is 15.9. The van der Waals surface area contributed by atoms with Crippen LogP contribution in [-0.2, 0) is 9.59 Å². The van der Waals surface area contributed by atoms with Crippen LogP contribution in [0.3, 0.4) is 0 Å². The quantitative estimate of drug-likeness (QED) is 0.730. The summed E-state index contributed by atoms with van der Waals surface area (Å²) in [5.41, 5.74) is -0.637. The summed E-state index contributed by atoms with van der Waals surface area (Å²) in [6.07, 6.45) is 0.840. The number of rotatable bonds is 6. The van der Waals surface area contributed by atoms with Crippen molar-refractivity contribution in [2.45, 2.75) is 32.7 Å². The molecule has 0 radical (unpaired) electrons. The molecule has 0 aliphatic heterocycles. The predicted molar refractivity (Wildman–Crippen MR) is 68.7 cm³/mol. The van der Waals surface area contributed by atoms with Crippen molar-refractivity contribution in [3.63, 3.8) is 0 Å². The lowest BCUT2D eigenvalue weighted by molar-refractivity contribution is -0.142. The predicted octanol–water partition coefficient (Wildman–Crippen LogP) is 0.311. The maximum atomic E-state index is 12.2. The molecule has 0 atom stereocenters. The van der Waals surface area contributed by atoms with E-state index in [9.17, 15) is 9.59 Å². The fraction of sp³-hybridized carbons (Fsp3) is 0.833. The Morgan fingerprint density at radius 3 is 2.12 bits per heavy atom. The van der Waals surface area contributed by atoms with Crippen molar-refractivity contribution >= 4 is 11.8 Å². The summed E-state index contributed by atoms with van der Waals surface area (Å²) in [7, 11) is 5.14. The number of likely N-dealkylation sites (N-methyl/N-ethyl adjacent to an activating group) is 2. The highest BCUT2D eigenvalue weighted by Gasteiger charge is 2.31. The van der Waals surface area contributed by atoms with Gasteiger partial charge in [0.15, 0.2) is 0 Å². The fourth-order valence-corrected chi connectivity index (χ4v) is 1.33. The molecule has 2 amide bonds. The van der Waals surface area contributed by atoms with Crippen LogP contribution in [0.15, 0.2) is 0 Å². The molecule has 0 heterocycles. The van der Waals surface area contributed by atoms with Gasteiger partial charge >= 0.3 is 0 Å². The molecule has 0 aliphatic carbocycles. The van der Waals surface area contributed by atoms with Gasteiger partial charge in [0.2, 0.25) is 11.8 Å². The number of amides is 2. The Labute approximate surface area is 104 Å². The van der Waals surface area contributed by atoms with Crippen LogP contribution < -0.4 is 5.32 Å². The number of nitrogens with one attached hydrogen (secondary N) is 1. The molecule has 0 bridgehead atoms. The van der Waals surface area contributed by atoms with E-state index in [1.165, 1.54) is 4.90 Å². The molecule has 0 spiro atoms. The fourth-order valence-electron chi connectivity index (χ4n) is 1.33. The molecular formula is C12H25N3O2. The van der Waals surface area contributed by atoms with Crippen LogP contribution in [0.1, 0.15) is 27.2 Å². The third-order valence-electron chi connectivity index (χ3n) is 2.77. The van der Waals surface area contributed by atoms with Crippen molar-refractivity contribution in [2.75, 3.05) is 34.2 Å². The SMILES string of the molecule is CCCN(CC(=O)N(C)C)C(=O)C(C)(C)NC. The summed E-state index contributed by atoms with van der Waals surface area (Å²) in [5, 5.41) is 2.97. The Hall–Kier alpha value is -1.10. The van der Waals surface area contributed by atoms with Gasteiger partial charge in [-0.1, -0.05) is 6.92 Å². The summed E-state index contributed by atoms with van der Waals surface area (Å²) in [6.45, 7) is 6.37. The van der Waals surface area contributed by atoms with Gasteiger partial charge in [0.1, 0.15) is 0 Å². The molecule has 0 saturated heterocycles. The second-order valence-electron chi connectivity index (χ2n) is 4.89. The zero-order valence-electron chi connectivity index (χ0n) is 11.8. The first-order valence-electron chi connectivity index (χ1n) is 5.94. The van der Waals surface area contributed by atoms with Crippen LogP contribution >= 0.6 is 0 Å². The highest BCUT2D eigenvalue weighted by atomic mass is 16.2. The Morgan fingerprint density at radius 1 is 1.24 bits per heavy atom. The molecule has 1 N–H and O–H groups in total. The van der Waals surface area contributed by atoms with Crippen molar-refractivity contribution in [2.24, 2.45) is 0 Å². The van der Waals surface area contributed by atoms with Gasteiger partial charge in [-0.15, -0.1) is 0 Å². The highest BCUT2D eigenvalue weighted by Crippen LogP contribution is 2.08. The van der Waals surface area contributed by atoms with E-state index in [2.05, 4.69) is 5.32 Å². The van der Waals surface area contributed by atoms with Crippen molar-refractivity contribution in [1.82, 2.24) is 15.1 Å². The zero-order valence-corrected chi connectivity index (χ0v) is 11.8. The van der Waals surface area contributed by atoms with Crippen molar-refractivity contribution in [3.05, 3.63) is 0 Å². The Kier molecular flexibility index (Phi) is 6.16. The monoisotopic (exact) mass is 243 g/mol. The van der Waals surface area contributed by atoms with E-state index in [4.69, 9.17) is 0 Å². The molecule has 100 valence electrons. The van der Waals surface area contributed by atoms with Crippen LogP contribution in [0.2, 0.25) is 0 Å². The first-order valence-corrected chi connectivity index (χ1v) is 5.94. The lowest BCUT2D eigenvalue weighted by Gasteiger charge is -2.31. The average Bonchev–Trinajstić information content (AvgIpc) is 2.27. The van der Waals surface area contributed by atoms with Gasteiger partial charge in [0.25, 0.3) is 0 Å². The van der Waals surface area contributed by atoms with Crippen molar-refractivity contribution < 1.29 is 9.59 Å². The second-order valence-corrected chi connectivity index (χ2v) is 4.89. The van der Waals surface area contributed by atoms with Crippen LogP contribution in [0.4, 0.5) is 0 Å². The summed E-state index contributed by atoms with van der Waals surface area (Å²) in [5.74, 6) is -0.101. The van der Waals surface area contributed by atoms with Gasteiger partial charge in [0, 0.05) is 20.6 Å². The lowest BCUT2D eigenvalue weighted by atomic mass is 10.0. The molecule has 0 aromatic carbocycles. The molecule has 17 heavy (non-hydrogen) atoms. The van der Waals surface area contributed by atoms with E-state index >= 15 is 0 Å². The van der Waals surface area contributed by atoms with Gasteiger partial charge in [-0.3, -0.25) is 9.59 Å². The van der Waals surface area contributed by atoms with Gasteiger partial charge in [0.05, 0.1) is 12.1 Å². The highest BCUT2D eigenvalue weighted by molar-refractivity contribution is 5.89. The minimum atomic E-state index is -0.637. The molecule has 0 fully saturated rings. The maximum absolute atomic E-state index is 12.2.